The van der Waals surface area contributed by atoms with Crippen molar-refractivity contribution in [3.63, 3.8) is 0 Å². The lowest BCUT2D eigenvalue weighted by molar-refractivity contribution is -0.155. The van der Waals surface area contributed by atoms with Crippen molar-refractivity contribution in [1.82, 2.24) is 4.98 Å². The summed E-state index contributed by atoms with van der Waals surface area (Å²) in [6.45, 7) is 9.31. The normalized spacial score (nSPS) is 38.2. The van der Waals surface area contributed by atoms with E-state index in [4.69, 9.17) is 9.47 Å². The molecule has 2 aliphatic heterocycles. The topological polar surface area (TPSA) is 109 Å². The van der Waals surface area contributed by atoms with Gasteiger partial charge in [0.25, 0.3) is 0 Å². The Kier molecular flexibility index (Phi) is 8.10. The van der Waals surface area contributed by atoms with Crippen molar-refractivity contribution in [2.45, 2.75) is 116 Å². The van der Waals surface area contributed by atoms with Gasteiger partial charge in [0.2, 0.25) is 0 Å². The fourth-order valence-corrected chi connectivity index (χ4v) is 6.52. The van der Waals surface area contributed by atoms with E-state index in [1.807, 2.05) is 25.3 Å². The molecule has 0 spiro atoms. The van der Waals surface area contributed by atoms with Gasteiger partial charge in [-0.05, 0) is 64.0 Å². The Labute approximate surface area is 218 Å². The number of ether oxygens (including phenoxy) is 2. The number of aliphatic hydroxyl groups is 2. The molecule has 2 saturated heterocycles. The number of nitrogens with zero attached hydrogens (tertiary/aromatic N) is 1. The first-order chi connectivity index (χ1) is 16.9. The smallest absolute Gasteiger partial charge is 0.309 e. The number of hydrogen-bond donors (Lipinski definition) is 2. The Morgan fingerprint density at radius 2 is 1.89 bits per heavy atom. The number of aromatic nitrogens is 1. The lowest BCUT2D eigenvalue weighted by Gasteiger charge is -2.39. The number of carbonyl (C=O) groups excluding carboxylic acids is 2. The van der Waals surface area contributed by atoms with E-state index in [9.17, 15) is 19.8 Å². The van der Waals surface area contributed by atoms with Crippen molar-refractivity contribution in [3.8, 4) is 0 Å². The number of esters is 1. The third-order valence-corrected chi connectivity index (χ3v) is 9.45. The third-order valence-electron chi connectivity index (χ3n) is 8.66. The van der Waals surface area contributed by atoms with Crippen LogP contribution in [0.4, 0.5) is 0 Å². The average Bonchev–Trinajstić information content (AvgIpc) is 3.25. The Bertz CT molecular complexity index is 1000. The van der Waals surface area contributed by atoms with Gasteiger partial charge < -0.3 is 19.7 Å². The average molecular weight is 520 g/mol. The molecule has 2 bridgehead atoms. The molecule has 1 aromatic rings. The SMILES string of the molecule is C/C(=C\c1csc(C)n1)[C@@H]1C[C@@H]2O[C@]2(C)CCC[C@@H]2CCC[C@@H](C(=O)C(C)(C)[C@@H](O)CC(=O)O1)[C@H]2O. The van der Waals surface area contributed by atoms with Crippen LogP contribution in [0, 0.1) is 24.2 Å². The Morgan fingerprint density at radius 3 is 2.58 bits per heavy atom. The number of Topliss-reactive ketones (excluding diaryl/α,β-unsaturated/α-hetero) is 1. The molecular formula is C28H41NO6S. The largest absolute Gasteiger partial charge is 0.458 e. The zero-order valence-electron chi connectivity index (χ0n) is 22.2. The zero-order chi connectivity index (χ0) is 26.3. The molecule has 1 saturated carbocycles. The molecule has 2 N–H and O–H groups in total. The summed E-state index contributed by atoms with van der Waals surface area (Å²) >= 11 is 1.56. The number of epoxide rings is 1. The van der Waals surface area contributed by atoms with E-state index in [0.29, 0.717) is 12.8 Å². The molecule has 4 rings (SSSR count). The van der Waals surface area contributed by atoms with Crippen LogP contribution in [0.1, 0.15) is 89.8 Å². The third kappa shape index (κ3) is 5.93. The summed E-state index contributed by atoms with van der Waals surface area (Å²) in [6, 6.07) is 0. The van der Waals surface area contributed by atoms with Gasteiger partial charge in [-0.15, -0.1) is 11.3 Å². The van der Waals surface area contributed by atoms with E-state index in [-0.39, 0.29) is 29.8 Å². The standard InChI is InChI=1S/C28H41NO6S/c1-16(12-19-15-36-17(2)29-19)21-13-23-28(5,35-23)11-7-9-18-8-6-10-20(25(18)32)26(33)27(3,4)22(30)14-24(31)34-21/h12,15,18,20-23,25,30,32H,6-11,13-14H2,1-5H3/b16-12+/t18-,20+,21-,22-,23-,25-,28+/m0/s1. The minimum Gasteiger partial charge on any atom is -0.458 e. The van der Waals surface area contributed by atoms with Gasteiger partial charge in [-0.2, -0.15) is 0 Å². The van der Waals surface area contributed by atoms with Gasteiger partial charge in [-0.25, -0.2) is 4.98 Å². The highest BCUT2D eigenvalue weighted by Gasteiger charge is 2.53. The maximum Gasteiger partial charge on any atom is 0.309 e. The van der Waals surface area contributed by atoms with Crippen molar-refractivity contribution in [3.05, 3.63) is 21.7 Å². The number of fused-ring (bicyclic) bond motifs is 3. The van der Waals surface area contributed by atoms with Crippen LogP contribution in [-0.2, 0) is 19.1 Å². The number of ketones is 1. The number of rotatable bonds is 2. The van der Waals surface area contributed by atoms with Crippen LogP contribution in [0.3, 0.4) is 0 Å². The first kappa shape index (κ1) is 27.4. The van der Waals surface area contributed by atoms with Crippen molar-refractivity contribution < 1.29 is 29.3 Å². The highest BCUT2D eigenvalue weighted by atomic mass is 32.1. The maximum atomic E-state index is 13.5. The summed E-state index contributed by atoms with van der Waals surface area (Å²) in [6.07, 6.45) is 4.73. The van der Waals surface area contributed by atoms with Gasteiger partial charge in [-0.3, -0.25) is 9.59 Å². The number of aliphatic hydroxyl groups excluding tert-OH is 2. The van der Waals surface area contributed by atoms with Gasteiger partial charge in [0.1, 0.15) is 11.9 Å². The lowest BCUT2D eigenvalue weighted by atomic mass is 9.67. The second-order valence-corrected chi connectivity index (χ2v) is 12.9. The van der Waals surface area contributed by atoms with Crippen molar-refractivity contribution in [1.29, 1.82) is 0 Å². The van der Waals surface area contributed by atoms with E-state index in [1.165, 1.54) is 0 Å². The molecule has 3 fully saturated rings. The molecule has 3 aliphatic rings. The Balaban J connectivity index is 1.58. The minimum absolute atomic E-state index is 0.0318. The molecular weight excluding hydrogens is 478 g/mol. The summed E-state index contributed by atoms with van der Waals surface area (Å²) in [5.74, 6) is -1.17. The monoisotopic (exact) mass is 519 g/mol. The Hall–Kier alpha value is -1.61. The summed E-state index contributed by atoms with van der Waals surface area (Å²) in [7, 11) is 0. The molecule has 8 heteroatoms. The van der Waals surface area contributed by atoms with E-state index in [1.54, 1.807) is 25.2 Å². The van der Waals surface area contributed by atoms with Gasteiger partial charge in [0.05, 0.1) is 46.5 Å². The highest BCUT2D eigenvalue weighted by Crippen LogP contribution is 2.46. The van der Waals surface area contributed by atoms with Gasteiger partial charge in [-0.1, -0.05) is 26.7 Å². The summed E-state index contributed by atoms with van der Waals surface area (Å²) in [5.41, 5.74) is 0.250. The number of hydrogen-bond acceptors (Lipinski definition) is 8. The number of thiazole rings is 1. The number of aryl methyl sites for hydroxylation is 1. The molecule has 0 radical (unpaired) electrons. The van der Waals surface area contributed by atoms with Crippen LogP contribution < -0.4 is 0 Å². The Morgan fingerprint density at radius 1 is 1.17 bits per heavy atom. The fourth-order valence-electron chi connectivity index (χ4n) is 5.95. The highest BCUT2D eigenvalue weighted by molar-refractivity contribution is 7.09. The maximum absolute atomic E-state index is 13.5. The van der Waals surface area contributed by atoms with E-state index in [2.05, 4.69) is 11.9 Å². The molecule has 7 atom stereocenters. The van der Waals surface area contributed by atoms with E-state index in [0.717, 1.165) is 48.4 Å². The second kappa shape index (κ2) is 10.6. The van der Waals surface area contributed by atoms with E-state index >= 15 is 0 Å². The van der Waals surface area contributed by atoms with Gasteiger partial charge >= 0.3 is 5.97 Å². The van der Waals surface area contributed by atoms with Crippen LogP contribution in [0.15, 0.2) is 11.0 Å². The molecule has 1 aliphatic carbocycles. The van der Waals surface area contributed by atoms with Crippen molar-refractivity contribution in [2.75, 3.05) is 0 Å². The van der Waals surface area contributed by atoms with Crippen molar-refractivity contribution in [2.24, 2.45) is 17.3 Å². The first-order valence-electron chi connectivity index (χ1n) is 13.3. The van der Waals surface area contributed by atoms with E-state index < -0.39 is 35.6 Å². The molecule has 1 aromatic heterocycles. The molecule has 7 nitrogen and oxygen atoms in total. The number of cyclic esters (lactones) is 1. The molecule has 36 heavy (non-hydrogen) atoms. The van der Waals surface area contributed by atoms with Crippen LogP contribution in [-0.4, -0.2) is 57.0 Å². The summed E-state index contributed by atoms with van der Waals surface area (Å²) < 4.78 is 12.0. The van der Waals surface area contributed by atoms with Crippen LogP contribution in [0.2, 0.25) is 0 Å². The molecule has 0 unspecified atom stereocenters. The molecule has 0 aromatic carbocycles. The summed E-state index contributed by atoms with van der Waals surface area (Å²) in [4.78, 5) is 31.0. The molecule has 200 valence electrons. The van der Waals surface area contributed by atoms with Crippen LogP contribution in [0.25, 0.3) is 6.08 Å². The summed E-state index contributed by atoms with van der Waals surface area (Å²) in [5, 5.41) is 25.0. The molecule has 0 amide bonds. The predicted molar refractivity (Wildman–Crippen MR) is 138 cm³/mol. The van der Waals surface area contributed by atoms with Gasteiger partial charge in [0, 0.05) is 17.7 Å². The quantitative estimate of drug-likeness (QED) is 0.433. The zero-order valence-corrected chi connectivity index (χ0v) is 23.0. The van der Waals surface area contributed by atoms with Crippen LogP contribution >= 0.6 is 11.3 Å². The predicted octanol–water partition coefficient (Wildman–Crippen LogP) is 4.62. The minimum atomic E-state index is -1.20. The number of carbonyl (C=O) groups is 2. The molecule has 3 heterocycles. The lowest BCUT2D eigenvalue weighted by Crippen LogP contribution is -2.48. The van der Waals surface area contributed by atoms with Crippen molar-refractivity contribution >= 4 is 29.2 Å². The van der Waals surface area contributed by atoms with Crippen LogP contribution in [0.5, 0.6) is 0 Å². The van der Waals surface area contributed by atoms with Gasteiger partial charge in [0.15, 0.2) is 0 Å². The first-order valence-corrected chi connectivity index (χ1v) is 14.2. The fraction of sp³-hybridized carbons (Fsp3) is 0.750. The second-order valence-electron chi connectivity index (χ2n) is 11.8.